The first kappa shape index (κ1) is 17.4. The second kappa shape index (κ2) is 8.63. The van der Waals surface area contributed by atoms with Gasteiger partial charge in [-0.3, -0.25) is 4.79 Å². The fourth-order valence-corrected chi connectivity index (χ4v) is 5.71. The van der Waals surface area contributed by atoms with Crippen LogP contribution in [0.25, 0.3) is 0 Å². The highest BCUT2D eigenvalue weighted by molar-refractivity contribution is 8.55. The molecule has 0 aliphatic rings. The van der Waals surface area contributed by atoms with Crippen molar-refractivity contribution in [3.05, 3.63) is 35.9 Å². The Kier molecular flexibility index (Phi) is 7.52. The maximum atomic E-state index is 12.3. The molecule has 0 heterocycles. The van der Waals surface area contributed by atoms with Gasteiger partial charge in [0.25, 0.3) is 0 Å². The lowest BCUT2D eigenvalue weighted by molar-refractivity contribution is 0.0983. The van der Waals surface area contributed by atoms with Gasteiger partial charge in [0.1, 0.15) is 0 Å². The third-order valence-electron chi connectivity index (χ3n) is 2.45. The van der Waals surface area contributed by atoms with Crippen molar-refractivity contribution in [2.45, 2.75) is 32.4 Å². The van der Waals surface area contributed by atoms with Crippen LogP contribution in [0, 0.1) is 0 Å². The van der Waals surface area contributed by atoms with E-state index in [1.165, 1.54) is 0 Å². The molecule has 0 fully saturated rings. The molecule has 0 aromatic heterocycles. The molecule has 0 bridgehead atoms. The van der Waals surface area contributed by atoms with Crippen LogP contribution in [0.2, 0.25) is 0 Å². The zero-order valence-corrected chi connectivity index (χ0v) is 13.8. The van der Waals surface area contributed by atoms with Gasteiger partial charge in [0.2, 0.25) is 0 Å². The Morgan fingerprint density at radius 3 is 2.25 bits per heavy atom. The summed E-state index contributed by atoms with van der Waals surface area (Å²) in [6.45, 7) is 2.88. The summed E-state index contributed by atoms with van der Waals surface area (Å²) in [6.07, 6.45) is 0.304. The third kappa shape index (κ3) is 5.80. The number of ketones is 1. The molecule has 112 valence electrons. The molecule has 0 amide bonds. The lowest BCUT2D eigenvalue weighted by Crippen LogP contribution is -2.08. The smallest absolute Gasteiger partial charge is 0.301 e. The first-order valence-corrected chi connectivity index (χ1v) is 9.69. The number of hydrogen-bond acceptors (Lipinski definition) is 5. The lowest BCUT2D eigenvalue weighted by atomic mass is 10.1. The average Bonchev–Trinajstić information content (AvgIpc) is 2.39. The molecule has 0 N–H and O–H groups in total. The van der Waals surface area contributed by atoms with Gasteiger partial charge in [-0.15, -0.1) is 0 Å². The molecule has 0 saturated carbocycles. The Hall–Kier alpha value is -0.610. The van der Waals surface area contributed by atoms with Gasteiger partial charge in [0.05, 0.1) is 13.2 Å². The van der Waals surface area contributed by atoms with Gasteiger partial charge >= 0.3 is 6.80 Å². The van der Waals surface area contributed by atoms with Crippen LogP contribution in [-0.4, -0.2) is 24.2 Å². The van der Waals surface area contributed by atoms with Crippen LogP contribution in [0.1, 0.15) is 37.6 Å². The molecule has 6 heteroatoms. The molecule has 1 rings (SSSR count). The van der Waals surface area contributed by atoms with Gasteiger partial charge in [0, 0.05) is 17.2 Å². The van der Waals surface area contributed by atoms with E-state index in [4.69, 9.17) is 9.05 Å². The van der Waals surface area contributed by atoms with Crippen molar-refractivity contribution in [2.24, 2.45) is 0 Å². The summed E-state index contributed by atoms with van der Waals surface area (Å²) in [5.41, 5.74) is 0.669. The maximum Gasteiger partial charge on any atom is 0.389 e. The van der Waals surface area contributed by atoms with E-state index in [-0.39, 0.29) is 11.0 Å². The van der Waals surface area contributed by atoms with Crippen LogP contribution in [0.15, 0.2) is 30.3 Å². The second-order valence-corrected chi connectivity index (χ2v) is 8.59. The lowest BCUT2D eigenvalue weighted by Gasteiger charge is -2.19. The Morgan fingerprint density at radius 2 is 1.75 bits per heavy atom. The van der Waals surface area contributed by atoms with Crippen LogP contribution in [0.3, 0.4) is 0 Å². The number of Topliss-reactive ketones (excluding diaryl/α,β-unsaturated/α-hetero) is 1. The topological polar surface area (TPSA) is 52.6 Å². The molecule has 0 saturated heterocycles. The summed E-state index contributed by atoms with van der Waals surface area (Å²) in [6, 6.07) is 9.09. The minimum atomic E-state index is -3.16. The summed E-state index contributed by atoms with van der Waals surface area (Å²) in [4.78, 5) is 12.1. The summed E-state index contributed by atoms with van der Waals surface area (Å²) < 4.78 is 22.8. The highest BCUT2D eigenvalue weighted by Gasteiger charge is 2.28. The number of carbonyl (C=O) groups is 1. The van der Waals surface area contributed by atoms with E-state index < -0.39 is 6.80 Å². The van der Waals surface area contributed by atoms with Crippen molar-refractivity contribution in [1.29, 1.82) is 0 Å². The van der Waals surface area contributed by atoms with Gasteiger partial charge in [-0.05, 0) is 25.2 Å². The summed E-state index contributed by atoms with van der Waals surface area (Å²) in [5.74, 6) is 0.0325. The molecule has 1 aromatic carbocycles. The van der Waals surface area contributed by atoms with Crippen LogP contribution >= 0.6 is 18.2 Å². The largest absolute Gasteiger partial charge is 0.389 e. The average molecular weight is 316 g/mol. The Balaban J connectivity index is 2.60. The van der Waals surface area contributed by atoms with Crippen LogP contribution in [-0.2, 0) is 13.6 Å². The standard InChI is InChI=1S/C14H21O4PS/c1-4-17-19(16,18-5-2)20-12(3)11-14(15)13-9-7-6-8-10-13/h6-10,12H,4-5,11H2,1-3H3/t12-/m0/s1. The van der Waals surface area contributed by atoms with Crippen molar-refractivity contribution in [3.63, 3.8) is 0 Å². The molecule has 0 radical (unpaired) electrons. The van der Waals surface area contributed by atoms with E-state index in [2.05, 4.69) is 0 Å². The highest BCUT2D eigenvalue weighted by atomic mass is 32.7. The predicted molar refractivity (Wildman–Crippen MR) is 83.3 cm³/mol. The molecule has 1 aromatic rings. The van der Waals surface area contributed by atoms with E-state index in [9.17, 15) is 9.36 Å². The molecule has 4 nitrogen and oxygen atoms in total. The van der Waals surface area contributed by atoms with E-state index in [0.29, 0.717) is 25.2 Å². The molecule has 0 spiro atoms. The van der Waals surface area contributed by atoms with Crippen molar-refractivity contribution in [2.75, 3.05) is 13.2 Å². The molecule has 1 atom stereocenters. The summed E-state index contributed by atoms with van der Waals surface area (Å²) in [5, 5.41) is -0.133. The predicted octanol–water partition coefficient (Wildman–Crippen LogP) is 4.56. The van der Waals surface area contributed by atoms with Gasteiger partial charge in [-0.2, -0.15) is 0 Å². The molecule has 0 aliphatic heterocycles. The zero-order chi connectivity index (χ0) is 15.0. The molecular formula is C14H21O4PS. The van der Waals surface area contributed by atoms with Crippen molar-refractivity contribution >= 4 is 24.0 Å². The molecular weight excluding hydrogens is 295 g/mol. The fourth-order valence-electron chi connectivity index (χ4n) is 1.67. The minimum Gasteiger partial charge on any atom is -0.301 e. The summed E-state index contributed by atoms with van der Waals surface area (Å²) >= 11 is 1.11. The Bertz CT molecular complexity index is 454. The number of benzene rings is 1. The number of carbonyl (C=O) groups excluding carboxylic acids is 1. The van der Waals surface area contributed by atoms with Crippen molar-refractivity contribution in [1.82, 2.24) is 0 Å². The Labute approximate surface area is 124 Å². The number of hydrogen-bond donors (Lipinski definition) is 0. The fraction of sp³-hybridized carbons (Fsp3) is 0.500. The summed E-state index contributed by atoms with van der Waals surface area (Å²) in [7, 11) is 0. The van der Waals surface area contributed by atoms with E-state index >= 15 is 0 Å². The van der Waals surface area contributed by atoms with Crippen LogP contribution < -0.4 is 0 Å². The number of rotatable bonds is 9. The second-order valence-electron chi connectivity index (χ2n) is 4.19. The van der Waals surface area contributed by atoms with Crippen LogP contribution in [0.4, 0.5) is 0 Å². The SMILES string of the molecule is CCOP(=O)(OCC)S[C@@H](C)CC(=O)c1ccccc1. The molecule has 0 aliphatic carbocycles. The molecule has 0 unspecified atom stereocenters. The first-order chi connectivity index (χ1) is 9.50. The van der Waals surface area contributed by atoms with Gasteiger partial charge in [0.15, 0.2) is 5.78 Å². The third-order valence-corrected chi connectivity index (χ3v) is 6.87. The van der Waals surface area contributed by atoms with E-state index in [1.807, 2.05) is 25.1 Å². The van der Waals surface area contributed by atoms with E-state index in [1.54, 1.807) is 26.0 Å². The van der Waals surface area contributed by atoms with Gasteiger partial charge in [-0.1, -0.05) is 37.3 Å². The van der Waals surface area contributed by atoms with Gasteiger partial charge < -0.3 is 9.05 Å². The highest BCUT2D eigenvalue weighted by Crippen LogP contribution is 2.62. The monoisotopic (exact) mass is 316 g/mol. The van der Waals surface area contributed by atoms with Crippen molar-refractivity contribution < 1.29 is 18.4 Å². The van der Waals surface area contributed by atoms with Crippen molar-refractivity contribution in [3.8, 4) is 0 Å². The van der Waals surface area contributed by atoms with E-state index in [0.717, 1.165) is 11.4 Å². The minimum absolute atomic E-state index is 0.0325. The zero-order valence-electron chi connectivity index (χ0n) is 12.1. The maximum absolute atomic E-state index is 12.3. The van der Waals surface area contributed by atoms with Gasteiger partial charge in [-0.25, -0.2) is 4.57 Å². The quantitative estimate of drug-likeness (QED) is 0.493. The normalized spacial score (nSPS) is 13.2. The van der Waals surface area contributed by atoms with Crippen LogP contribution in [0.5, 0.6) is 0 Å². The molecule has 20 heavy (non-hydrogen) atoms. The Morgan fingerprint density at radius 1 is 1.20 bits per heavy atom. The first-order valence-electron chi connectivity index (χ1n) is 6.66.